The second-order valence-corrected chi connectivity index (χ2v) is 6.36. The summed E-state index contributed by atoms with van der Waals surface area (Å²) in [4.78, 5) is 34.5. The van der Waals surface area contributed by atoms with Crippen molar-refractivity contribution < 1.29 is 14.6 Å². The molecule has 0 amide bonds. The Morgan fingerprint density at radius 1 is 0.821 bits per heavy atom. The minimum atomic E-state index is -1.04. The number of carbonyl (C=O) groups excluding carboxylic acids is 1. The van der Waals surface area contributed by atoms with Crippen molar-refractivity contribution in [2.75, 3.05) is 0 Å². The van der Waals surface area contributed by atoms with Crippen molar-refractivity contribution in [1.29, 1.82) is 0 Å². The Morgan fingerprint density at radius 2 is 1.36 bits per heavy atom. The predicted octanol–water partition coefficient (Wildman–Crippen LogP) is 5.17. The van der Waals surface area contributed by atoms with Crippen molar-refractivity contribution in [3.63, 3.8) is 0 Å². The zero-order valence-corrected chi connectivity index (χ0v) is 15.1. The molecular weight excluding hydrogens is 384 g/mol. The largest absolute Gasteiger partial charge is 0.294 e. The van der Waals surface area contributed by atoms with Crippen LogP contribution in [-0.2, 0) is 0 Å². The molecule has 0 spiro atoms. The zero-order valence-electron chi connectivity index (χ0n) is 14.3. The van der Waals surface area contributed by atoms with Crippen LogP contribution in [0.4, 0.5) is 11.4 Å². The second kappa shape index (κ2) is 7.98. The minimum absolute atomic E-state index is 0.000605. The Balaban J connectivity index is 2.27. The Hall–Kier alpha value is -3.58. The standard InChI is InChI=1S/C20H13ClN2O5/c21-16-11-15(17(22(25)26)12-18(16)23(27)28)19(13-7-3-1-4-8-13)20(24)14-9-5-2-6-10-14/h1-12,19H/t19-/m1/s1. The molecule has 3 aromatic carbocycles. The SMILES string of the molecule is O=C(c1ccccc1)[C@H](c1ccccc1)c1cc(Cl)c([N+](=O)[O-])cc1[N+](=O)[O-]. The van der Waals surface area contributed by atoms with Crippen LogP contribution >= 0.6 is 11.6 Å². The van der Waals surface area contributed by atoms with Crippen LogP contribution in [0.3, 0.4) is 0 Å². The highest BCUT2D eigenvalue weighted by Crippen LogP contribution is 2.40. The molecule has 28 heavy (non-hydrogen) atoms. The number of nitrogens with zero attached hydrogens (tertiary/aromatic N) is 2. The fraction of sp³-hybridized carbons (Fsp3) is 0.0500. The highest BCUT2D eigenvalue weighted by molar-refractivity contribution is 6.32. The number of Topliss-reactive ketones (excluding diaryl/α,β-unsaturated/α-hetero) is 1. The Morgan fingerprint density at radius 3 is 1.89 bits per heavy atom. The van der Waals surface area contributed by atoms with Gasteiger partial charge in [0.2, 0.25) is 0 Å². The molecule has 0 fully saturated rings. The molecule has 7 nitrogen and oxygen atoms in total. The van der Waals surface area contributed by atoms with Gasteiger partial charge in [-0.2, -0.15) is 0 Å². The molecule has 0 saturated carbocycles. The number of hydrogen-bond acceptors (Lipinski definition) is 5. The fourth-order valence-electron chi connectivity index (χ4n) is 2.98. The van der Waals surface area contributed by atoms with E-state index in [9.17, 15) is 25.0 Å². The number of rotatable bonds is 6. The first-order valence-corrected chi connectivity index (χ1v) is 8.54. The van der Waals surface area contributed by atoms with E-state index in [0.717, 1.165) is 12.1 Å². The van der Waals surface area contributed by atoms with E-state index in [1.54, 1.807) is 60.7 Å². The molecule has 3 aromatic rings. The molecule has 140 valence electrons. The third kappa shape index (κ3) is 3.74. The van der Waals surface area contributed by atoms with Gasteiger partial charge in [0, 0.05) is 11.1 Å². The summed E-state index contributed by atoms with van der Waals surface area (Å²) in [5.41, 5.74) is -0.240. The summed E-state index contributed by atoms with van der Waals surface area (Å²) in [6, 6.07) is 18.8. The molecule has 0 radical (unpaired) electrons. The minimum Gasteiger partial charge on any atom is -0.293 e. The highest BCUT2D eigenvalue weighted by Gasteiger charge is 2.33. The van der Waals surface area contributed by atoms with Gasteiger partial charge in [-0.1, -0.05) is 72.3 Å². The van der Waals surface area contributed by atoms with Crippen molar-refractivity contribution >= 4 is 28.8 Å². The van der Waals surface area contributed by atoms with Crippen LogP contribution in [0.2, 0.25) is 5.02 Å². The van der Waals surface area contributed by atoms with Crippen molar-refractivity contribution in [3.05, 3.63) is 115 Å². The van der Waals surface area contributed by atoms with Crippen LogP contribution in [0.15, 0.2) is 72.8 Å². The average Bonchev–Trinajstić information content (AvgIpc) is 2.69. The monoisotopic (exact) mass is 396 g/mol. The molecule has 0 aliphatic heterocycles. The summed E-state index contributed by atoms with van der Waals surface area (Å²) < 4.78 is 0. The van der Waals surface area contributed by atoms with Crippen LogP contribution in [0, 0.1) is 20.2 Å². The predicted molar refractivity (Wildman–Crippen MR) is 104 cm³/mol. The van der Waals surface area contributed by atoms with Gasteiger partial charge in [0.25, 0.3) is 11.4 Å². The van der Waals surface area contributed by atoms with Crippen LogP contribution in [-0.4, -0.2) is 15.6 Å². The van der Waals surface area contributed by atoms with Crippen molar-refractivity contribution in [2.45, 2.75) is 5.92 Å². The number of carbonyl (C=O) groups is 1. The third-order valence-corrected chi connectivity index (χ3v) is 4.56. The molecule has 0 unspecified atom stereocenters. The molecular formula is C20H13ClN2O5. The Kier molecular flexibility index (Phi) is 5.47. The van der Waals surface area contributed by atoms with E-state index < -0.39 is 27.1 Å². The van der Waals surface area contributed by atoms with Gasteiger partial charge in [0.1, 0.15) is 5.02 Å². The lowest BCUT2D eigenvalue weighted by Gasteiger charge is -2.17. The summed E-state index contributed by atoms with van der Waals surface area (Å²) in [5.74, 6) is -1.41. The highest BCUT2D eigenvalue weighted by atomic mass is 35.5. The third-order valence-electron chi connectivity index (χ3n) is 4.25. The second-order valence-electron chi connectivity index (χ2n) is 5.95. The van der Waals surface area contributed by atoms with E-state index in [1.807, 2.05) is 0 Å². The summed E-state index contributed by atoms with van der Waals surface area (Å²) in [7, 11) is 0. The first-order valence-electron chi connectivity index (χ1n) is 8.16. The summed E-state index contributed by atoms with van der Waals surface area (Å²) >= 11 is 6.01. The van der Waals surface area contributed by atoms with E-state index in [2.05, 4.69) is 0 Å². The zero-order chi connectivity index (χ0) is 20.3. The van der Waals surface area contributed by atoms with E-state index >= 15 is 0 Å². The van der Waals surface area contributed by atoms with Crippen LogP contribution in [0.1, 0.15) is 27.4 Å². The van der Waals surface area contributed by atoms with Gasteiger partial charge in [0.15, 0.2) is 5.78 Å². The van der Waals surface area contributed by atoms with Gasteiger partial charge in [-0.3, -0.25) is 25.0 Å². The first kappa shape index (κ1) is 19.2. The number of halogens is 1. The molecule has 0 aliphatic carbocycles. The fourth-order valence-corrected chi connectivity index (χ4v) is 3.22. The van der Waals surface area contributed by atoms with Crippen LogP contribution in [0.5, 0.6) is 0 Å². The van der Waals surface area contributed by atoms with Gasteiger partial charge in [0.05, 0.1) is 21.8 Å². The molecule has 0 heterocycles. The lowest BCUT2D eigenvalue weighted by Crippen LogP contribution is -2.16. The summed E-state index contributed by atoms with van der Waals surface area (Å²) in [5, 5.41) is 22.5. The maximum Gasteiger partial charge on any atom is 0.294 e. The smallest absolute Gasteiger partial charge is 0.293 e. The Labute approximate surface area is 164 Å². The topological polar surface area (TPSA) is 103 Å². The molecule has 3 rings (SSSR count). The van der Waals surface area contributed by atoms with E-state index in [0.29, 0.717) is 11.1 Å². The van der Waals surface area contributed by atoms with Gasteiger partial charge in [-0.05, 0) is 11.6 Å². The lowest BCUT2D eigenvalue weighted by molar-refractivity contribution is -0.394. The van der Waals surface area contributed by atoms with Crippen molar-refractivity contribution in [1.82, 2.24) is 0 Å². The number of nitro groups is 2. The number of nitro benzene ring substituents is 2. The van der Waals surface area contributed by atoms with E-state index in [1.165, 1.54) is 0 Å². The Bertz CT molecular complexity index is 1050. The molecule has 0 N–H and O–H groups in total. The number of ketones is 1. The van der Waals surface area contributed by atoms with Gasteiger partial charge >= 0.3 is 0 Å². The summed E-state index contributed by atoms with van der Waals surface area (Å²) in [6.07, 6.45) is 0. The molecule has 8 heteroatoms. The van der Waals surface area contributed by atoms with Gasteiger partial charge in [-0.25, -0.2) is 0 Å². The quantitative estimate of drug-likeness (QED) is 0.324. The number of benzene rings is 3. The van der Waals surface area contributed by atoms with Crippen LogP contribution < -0.4 is 0 Å². The maximum atomic E-state index is 13.3. The average molecular weight is 397 g/mol. The normalized spacial score (nSPS) is 11.6. The number of hydrogen-bond donors (Lipinski definition) is 0. The van der Waals surface area contributed by atoms with Gasteiger partial charge < -0.3 is 0 Å². The van der Waals surface area contributed by atoms with Crippen molar-refractivity contribution in [2.24, 2.45) is 0 Å². The molecule has 1 atom stereocenters. The summed E-state index contributed by atoms with van der Waals surface area (Å²) in [6.45, 7) is 0. The van der Waals surface area contributed by atoms with Crippen LogP contribution in [0.25, 0.3) is 0 Å². The molecule has 0 aliphatic rings. The lowest BCUT2D eigenvalue weighted by atomic mass is 9.84. The maximum absolute atomic E-state index is 13.3. The van der Waals surface area contributed by atoms with E-state index in [-0.39, 0.29) is 16.4 Å². The van der Waals surface area contributed by atoms with E-state index in [4.69, 9.17) is 11.6 Å². The molecule has 0 bridgehead atoms. The first-order chi connectivity index (χ1) is 13.4. The van der Waals surface area contributed by atoms with Gasteiger partial charge in [-0.15, -0.1) is 0 Å². The molecule has 0 aromatic heterocycles. The molecule has 0 saturated heterocycles. The van der Waals surface area contributed by atoms with Crippen molar-refractivity contribution in [3.8, 4) is 0 Å².